The zero-order valence-electron chi connectivity index (χ0n) is 29.7. The van der Waals surface area contributed by atoms with E-state index in [2.05, 4.69) is 89.4 Å². The van der Waals surface area contributed by atoms with Gasteiger partial charge in [0.05, 0.1) is 27.6 Å². The third kappa shape index (κ3) is 30.6. The van der Waals surface area contributed by atoms with Crippen LogP contribution in [-0.4, -0.2) is 31.0 Å². The molecule has 0 aromatic heterocycles. The molecule has 0 aliphatic rings. The second-order valence-corrected chi connectivity index (χ2v) is 13.9. The quantitative estimate of drug-likeness (QED) is 0.0602. The molecule has 0 unspecified atom stereocenters. The highest BCUT2D eigenvalue weighted by Gasteiger charge is 2.05. The molecule has 0 radical (unpaired) electrons. The number of hydrogen-bond donors (Lipinski definition) is 1. The molecule has 6 nitrogen and oxygen atoms in total. The minimum atomic E-state index is -5.07. The van der Waals surface area contributed by atoms with Crippen LogP contribution in [0.1, 0.15) is 132 Å². The molecule has 0 aromatic rings. The molecular formula is C38H63O6P-2. The van der Waals surface area contributed by atoms with Crippen LogP contribution in [0.4, 0.5) is 0 Å². The third-order valence-corrected chi connectivity index (χ3v) is 8.00. The zero-order valence-corrected chi connectivity index (χ0v) is 30.6. The Morgan fingerprint density at radius 1 is 0.556 bits per heavy atom. The molecule has 0 aromatic carbocycles. The molecule has 0 fully saturated rings. The first-order valence-electron chi connectivity index (χ1n) is 16.7. The van der Waals surface area contributed by atoms with Gasteiger partial charge in [0.25, 0.3) is 0 Å². The minimum Gasteiger partial charge on any atom is -0.790 e. The van der Waals surface area contributed by atoms with E-state index >= 15 is 0 Å². The van der Waals surface area contributed by atoms with Crippen molar-refractivity contribution in [3.63, 3.8) is 0 Å². The normalized spacial score (nSPS) is 15.1. The van der Waals surface area contributed by atoms with Gasteiger partial charge in [0.1, 0.15) is 6.10 Å². The van der Waals surface area contributed by atoms with Crippen molar-refractivity contribution in [2.45, 2.75) is 139 Å². The Bertz CT molecular complexity index is 1080. The Morgan fingerprint density at radius 2 is 0.867 bits per heavy atom. The molecule has 258 valence electrons. The van der Waals surface area contributed by atoms with Crippen molar-refractivity contribution in [2.75, 3.05) is 19.8 Å². The van der Waals surface area contributed by atoms with E-state index in [-0.39, 0.29) is 6.61 Å². The van der Waals surface area contributed by atoms with E-state index in [1.165, 1.54) is 45.4 Å². The van der Waals surface area contributed by atoms with Gasteiger partial charge in [0.2, 0.25) is 0 Å². The lowest BCUT2D eigenvalue weighted by molar-refractivity contribution is -0.342. The molecule has 1 atom stereocenters. The highest BCUT2D eigenvalue weighted by atomic mass is 31.2. The Kier molecular flexibility index (Phi) is 25.3. The average molecular weight is 647 g/mol. The molecule has 1 N–H and O–H groups in total. The van der Waals surface area contributed by atoms with Crippen LogP contribution >= 0.6 is 7.82 Å². The molecule has 0 aliphatic carbocycles. The van der Waals surface area contributed by atoms with Gasteiger partial charge in [-0.3, -0.25) is 0 Å². The summed E-state index contributed by atoms with van der Waals surface area (Å²) < 4.78 is 19.8. The third-order valence-electron chi connectivity index (χ3n) is 7.53. The summed E-state index contributed by atoms with van der Waals surface area (Å²) in [7, 11) is -5.07. The fraction of sp³-hybridized carbons (Fsp3) is 0.632. The summed E-state index contributed by atoms with van der Waals surface area (Å²) in [5.74, 6) is 0. The van der Waals surface area contributed by atoms with E-state index in [9.17, 15) is 19.5 Å². The van der Waals surface area contributed by atoms with Crippen LogP contribution in [0.25, 0.3) is 0 Å². The molecule has 7 heteroatoms. The molecule has 0 heterocycles. The van der Waals surface area contributed by atoms with Crippen molar-refractivity contribution in [1.29, 1.82) is 0 Å². The molecule has 0 aliphatic heterocycles. The van der Waals surface area contributed by atoms with E-state index in [0.717, 1.165) is 70.6 Å². The summed E-state index contributed by atoms with van der Waals surface area (Å²) in [4.78, 5) is 20.8. The van der Waals surface area contributed by atoms with Gasteiger partial charge in [-0.05, 0) is 132 Å². The van der Waals surface area contributed by atoms with E-state index in [1.807, 2.05) is 13.0 Å². The maximum absolute atomic E-state index is 10.4. The van der Waals surface area contributed by atoms with Crippen LogP contribution in [0.15, 0.2) is 81.5 Å². The molecule has 0 spiro atoms. The largest absolute Gasteiger partial charge is 0.790 e. The molecule has 45 heavy (non-hydrogen) atoms. The van der Waals surface area contributed by atoms with Crippen molar-refractivity contribution in [1.82, 2.24) is 0 Å². The van der Waals surface area contributed by atoms with Crippen molar-refractivity contribution < 1.29 is 28.7 Å². The number of ether oxygens (including phenoxy) is 1. The molecule has 0 saturated heterocycles. The summed E-state index contributed by atoms with van der Waals surface area (Å²) in [6, 6.07) is 0. The Labute approximate surface area is 276 Å². The highest BCUT2D eigenvalue weighted by molar-refractivity contribution is 7.43. The SMILES string of the molecule is CC(C)=CCC/C(C)=C/CC/C(C)=C/CC/C(C)=C/CC/C(C)=C/CC/C(C)=C/CC/C(C)=C/COC[C@H](O)COP(=O)([O-])[O-]. The zero-order chi connectivity index (χ0) is 34.1. The van der Waals surface area contributed by atoms with E-state index < -0.39 is 20.5 Å². The van der Waals surface area contributed by atoms with Gasteiger partial charge in [-0.2, -0.15) is 0 Å². The molecular weight excluding hydrogens is 583 g/mol. The molecule has 0 saturated carbocycles. The predicted molar refractivity (Wildman–Crippen MR) is 188 cm³/mol. The van der Waals surface area contributed by atoms with Gasteiger partial charge in [-0.25, -0.2) is 0 Å². The predicted octanol–water partition coefficient (Wildman–Crippen LogP) is 9.53. The first-order valence-corrected chi connectivity index (χ1v) is 18.1. The fourth-order valence-corrected chi connectivity index (χ4v) is 4.92. The summed E-state index contributed by atoms with van der Waals surface area (Å²) in [5.41, 5.74) is 9.92. The van der Waals surface area contributed by atoms with Crippen LogP contribution in [-0.2, 0) is 13.8 Å². The van der Waals surface area contributed by atoms with Crippen LogP contribution < -0.4 is 9.79 Å². The van der Waals surface area contributed by atoms with Gasteiger partial charge >= 0.3 is 0 Å². The standard InChI is InChI=1S/C38H65O6P/c1-31(2)15-9-16-32(3)17-10-18-33(4)19-11-20-34(5)21-12-22-35(6)23-13-24-36(7)25-14-26-37(8)27-28-43-29-38(39)30-44-45(40,41)42/h15,17,19,21,23,25,27,38-39H,9-14,16,18,20,22,24,26,28-30H2,1-8H3,(H2,40,41,42)/p-2/b32-17+,33-19+,34-21+,35-23+,36-25+,37-27+/t38-/m0/s1. The van der Waals surface area contributed by atoms with Crippen molar-refractivity contribution in [3.05, 3.63) is 81.5 Å². The number of hydrogen-bond acceptors (Lipinski definition) is 6. The second-order valence-electron chi connectivity index (χ2n) is 12.8. The number of phosphoric ester groups is 1. The highest BCUT2D eigenvalue weighted by Crippen LogP contribution is 2.24. The Balaban J connectivity index is 4.16. The van der Waals surface area contributed by atoms with Gasteiger partial charge in [0, 0.05) is 0 Å². The van der Waals surface area contributed by atoms with E-state index in [0.29, 0.717) is 6.61 Å². The smallest absolute Gasteiger partial charge is 0.101 e. The lowest BCUT2D eigenvalue weighted by atomic mass is 10.0. The lowest BCUT2D eigenvalue weighted by Crippen LogP contribution is -2.25. The van der Waals surface area contributed by atoms with E-state index in [4.69, 9.17) is 4.74 Å². The van der Waals surface area contributed by atoms with Gasteiger partial charge in [-0.15, -0.1) is 0 Å². The maximum Gasteiger partial charge on any atom is 0.101 e. The number of aliphatic hydroxyl groups excluding tert-OH is 1. The topological polar surface area (TPSA) is 102 Å². The number of allylic oxidation sites excluding steroid dienone is 13. The van der Waals surface area contributed by atoms with Crippen LogP contribution in [0.5, 0.6) is 0 Å². The summed E-state index contributed by atoms with van der Waals surface area (Å²) in [6.45, 7) is 17.2. The van der Waals surface area contributed by atoms with Gasteiger partial charge < -0.3 is 28.7 Å². The number of phosphoric acid groups is 1. The molecule has 0 rings (SSSR count). The first kappa shape index (κ1) is 43.2. The fourth-order valence-electron chi connectivity index (χ4n) is 4.56. The second kappa shape index (κ2) is 26.3. The van der Waals surface area contributed by atoms with Gasteiger partial charge in [0.15, 0.2) is 0 Å². The first-order chi connectivity index (χ1) is 21.2. The molecule has 0 amide bonds. The van der Waals surface area contributed by atoms with Crippen LogP contribution in [0.3, 0.4) is 0 Å². The number of aliphatic hydroxyl groups is 1. The Hall–Kier alpha value is -1.79. The molecule has 0 bridgehead atoms. The van der Waals surface area contributed by atoms with Gasteiger partial charge in [-0.1, -0.05) is 81.5 Å². The Morgan fingerprint density at radius 3 is 1.18 bits per heavy atom. The van der Waals surface area contributed by atoms with Crippen molar-refractivity contribution in [3.8, 4) is 0 Å². The lowest BCUT2D eigenvalue weighted by Gasteiger charge is -2.29. The summed E-state index contributed by atoms with van der Waals surface area (Å²) >= 11 is 0. The summed E-state index contributed by atoms with van der Waals surface area (Å²) in [6.07, 6.45) is 28.1. The van der Waals surface area contributed by atoms with E-state index in [1.54, 1.807) is 0 Å². The average Bonchev–Trinajstić information content (AvgIpc) is 2.93. The van der Waals surface area contributed by atoms with Crippen LogP contribution in [0.2, 0.25) is 0 Å². The summed E-state index contributed by atoms with van der Waals surface area (Å²) in [5, 5.41) is 9.56. The van der Waals surface area contributed by atoms with Crippen molar-refractivity contribution in [2.24, 2.45) is 0 Å². The van der Waals surface area contributed by atoms with Crippen LogP contribution in [0, 0.1) is 0 Å². The number of rotatable bonds is 25. The van der Waals surface area contributed by atoms with Crippen molar-refractivity contribution >= 4 is 7.82 Å². The minimum absolute atomic E-state index is 0.0981. The maximum atomic E-state index is 10.4. The monoisotopic (exact) mass is 646 g/mol.